The Balaban J connectivity index is 2.56. The lowest BCUT2D eigenvalue weighted by Gasteiger charge is -2.06. The van der Waals surface area contributed by atoms with Gasteiger partial charge in [-0.2, -0.15) is 0 Å². The molecule has 0 fully saturated rings. The highest BCUT2D eigenvalue weighted by Gasteiger charge is 2.05. The first-order valence-corrected chi connectivity index (χ1v) is 5.85. The lowest BCUT2D eigenvalue weighted by molar-refractivity contribution is 0.415. The quantitative estimate of drug-likeness (QED) is 0.617. The van der Waals surface area contributed by atoms with E-state index in [0.717, 1.165) is 28.6 Å². The van der Waals surface area contributed by atoms with Crippen molar-refractivity contribution in [3.8, 4) is 5.75 Å². The molecule has 1 heterocycles. The number of hydrogen-bond acceptors (Lipinski definition) is 2. The number of fused-ring (bicyclic) bond motifs is 1. The molecule has 2 rings (SSSR count). The maximum Gasteiger partial charge on any atom is 0.133 e. The van der Waals surface area contributed by atoms with E-state index in [1.807, 2.05) is 24.3 Å². The van der Waals surface area contributed by atoms with Crippen molar-refractivity contribution in [2.75, 3.05) is 13.0 Å². The monoisotopic (exact) mass is 255 g/mol. The molecule has 4 heteroatoms. The van der Waals surface area contributed by atoms with Gasteiger partial charge in [-0.1, -0.05) is 11.6 Å². The molecule has 0 spiro atoms. The molecule has 84 valence electrons. The van der Waals surface area contributed by atoms with Crippen molar-refractivity contribution in [3.63, 3.8) is 0 Å². The van der Waals surface area contributed by atoms with Gasteiger partial charge in [-0.15, -0.1) is 11.6 Å². The van der Waals surface area contributed by atoms with Crippen molar-refractivity contribution < 1.29 is 4.74 Å². The SMILES string of the molecule is COc1ccc2nc(Cl)c(CCCl)cc2c1. The van der Waals surface area contributed by atoms with E-state index in [2.05, 4.69) is 4.98 Å². The van der Waals surface area contributed by atoms with Crippen LogP contribution in [-0.4, -0.2) is 18.0 Å². The van der Waals surface area contributed by atoms with Gasteiger partial charge in [-0.05, 0) is 36.2 Å². The third-order valence-electron chi connectivity index (χ3n) is 2.41. The molecule has 2 aromatic rings. The summed E-state index contributed by atoms with van der Waals surface area (Å²) < 4.78 is 5.17. The van der Waals surface area contributed by atoms with Crippen molar-refractivity contribution in [1.82, 2.24) is 4.98 Å². The summed E-state index contributed by atoms with van der Waals surface area (Å²) in [7, 11) is 1.64. The fourth-order valence-electron chi connectivity index (χ4n) is 1.58. The van der Waals surface area contributed by atoms with Crippen molar-refractivity contribution in [3.05, 3.63) is 35.0 Å². The van der Waals surface area contributed by atoms with Crippen LogP contribution in [0.2, 0.25) is 5.15 Å². The summed E-state index contributed by atoms with van der Waals surface area (Å²) in [4.78, 5) is 4.32. The van der Waals surface area contributed by atoms with Gasteiger partial charge in [0.05, 0.1) is 12.6 Å². The van der Waals surface area contributed by atoms with Crippen LogP contribution in [0.25, 0.3) is 10.9 Å². The van der Waals surface area contributed by atoms with E-state index >= 15 is 0 Å². The Labute approximate surface area is 104 Å². The van der Waals surface area contributed by atoms with Crippen LogP contribution < -0.4 is 4.74 Å². The number of hydrogen-bond donors (Lipinski definition) is 0. The number of aromatic nitrogens is 1. The summed E-state index contributed by atoms with van der Waals surface area (Å²) in [6, 6.07) is 7.71. The fraction of sp³-hybridized carbons (Fsp3) is 0.250. The standard InChI is InChI=1S/C12H11Cl2NO/c1-16-10-2-3-11-9(7-10)6-8(4-5-13)12(14)15-11/h2-3,6-7H,4-5H2,1H3. The second-order valence-electron chi connectivity index (χ2n) is 3.44. The maximum atomic E-state index is 6.05. The van der Waals surface area contributed by atoms with E-state index < -0.39 is 0 Å². The molecule has 0 amide bonds. The van der Waals surface area contributed by atoms with Gasteiger partial charge in [0, 0.05) is 11.3 Å². The topological polar surface area (TPSA) is 22.1 Å². The van der Waals surface area contributed by atoms with E-state index in [4.69, 9.17) is 27.9 Å². The van der Waals surface area contributed by atoms with Crippen molar-refractivity contribution >= 4 is 34.1 Å². The fourth-order valence-corrected chi connectivity index (χ4v) is 2.02. The van der Waals surface area contributed by atoms with Crippen LogP contribution in [0.15, 0.2) is 24.3 Å². The zero-order valence-electron chi connectivity index (χ0n) is 8.84. The Hall–Kier alpha value is -0.990. The first-order valence-electron chi connectivity index (χ1n) is 4.93. The molecule has 0 radical (unpaired) electrons. The molecule has 0 saturated heterocycles. The first kappa shape index (κ1) is 11.5. The molecule has 0 unspecified atom stereocenters. The van der Waals surface area contributed by atoms with Crippen LogP contribution >= 0.6 is 23.2 Å². The molecular formula is C12H11Cl2NO. The van der Waals surface area contributed by atoms with Crippen LogP contribution in [0, 0.1) is 0 Å². The van der Waals surface area contributed by atoms with Gasteiger partial charge in [-0.25, -0.2) is 4.98 Å². The molecule has 0 N–H and O–H groups in total. The number of alkyl halides is 1. The second kappa shape index (κ2) is 4.89. The Kier molecular flexibility index (Phi) is 3.52. The molecule has 16 heavy (non-hydrogen) atoms. The highest BCUT2D eigenvalue weighted by molar-refractivity contribution is 6.30. The number of nitrogens with zero attached hydrogens (tertiary/aromatic N) is 1. The van der Waals surface area contributed by atoms with Crippen molar-refractivity contribution in [2.45, 2.75) is 6.42 Å². The normalized spacial score (nSPS) is 10.7. The van der Waals surface area contributed by atoms with Crippen LogP contribution in [0.3, 0.4) is 0 Å². The number of ether oxygens (including phenoxy) is 1. The predicted molar refractivity (Wildman–Crippen MR) is 67.7 cm³/mol. The molecule has 0 saturated carbocycles. The third kappa shape index (κ3) is 2.23. The third-order valence-corrected chi connectivity index (χ3v) is 2.93. The van der Waals surface area contributed by atoms with E-state index in [1.165, 1.54) is 0 Å². The zero-order valence-corrected chi connectivity index (χ0v) is 10.3. The number of rotatable bonds is 3. The predicted octanol–water partition coefficient (Wildman–Crippen LogP) is 3.68. The highest BCUT2D eigenvalue weighted by Crippen LogP contribution is 2.24. The summed E-state index contributed by atoms with van der Waals surface area (Å²) in [6.07, 6.45) is 0.723. The smallest absolute Gasteiger partial charge is 0.133 e. The lowest BCUT2D eigenvalue weighted by atomic mass is 10.1. The van der Waals surface area contributed by atoms with E-state index in [-0.39, 0.29) is 0 Å². The minimum atomic E-state index is 0.526. The number of benzene rings is 1. The van der Waals surface area contributed by atoms with Gasteiger partial charge in [0.1, 0.15) is 10.9 Å². The largest absolute Gasteiger partial charge is 0.497 e. The van der Waals surface area contributed by atoms with Crippen molar-refractivity contribution in [1.29, 1.82) is 0 Å². The van der Waals surface area contributed by atoms with Gasteiger partial charge >= 0.3 is 0 Å². The molecule has 2 nitrogen and oxygen atoms in total. The van der Waals surface area contributed by atoms with Gasteiger partial charge < -0.3 is 4.74 Å². The summed E-state index contributed by atoms with van der Waals surface area (Å²) in [5.41, 5.74) is 1.83. The van der Waals surface area contributed by atoms with Gasteiger partial charge in [0.25, 0.3) is 0 Å². The molecule has 0 aliphatic heterocycles. The highest BCUT2D eigenvalue weighted by atomic mass is 35.5. The second-order valence-corrected chi connectivity index (χ2v) is 4.17. The minimum absolute atomic E-state index is 0.526. The average molecular weight is 256 g/mol. The zero-order chi connectivity index (χ0) is 11.5. The molecular weight excluding hydrogens is 245 g/mol. The number of methoxy groups -OCH3 is 1. The molecule has 1 aromatic heterocycles. The number of halogens is 2. The molecule has 1 aromatic carbocycles. The van der Waals surface area contributed by atoms with E-state index in [9.17, 15) is 0 Å². The molecule has 0 atom stereocenters. The Morgan fingerprint density at radius 2 is 2.12 bits per heavy atom. The van der Waals surface area contributed by atoms with Gasteiger partial charge in [-0.3, -0.25) is 0 Å². The van der Waals surface area contributed by atoms with Crippen LogP contribution in [0.5, 0.6) is 5.75 Å². The van der Waals surface area contributed by atoms with Gasteiger partial charge in [0.15, 0.2) is 0 Å². The van der Waals surface area contributed by atoms with E-state index in [1.54, 1.807) is 7.11 Å². The summed E-state index contributed by atoms with van der Waals surface area (Å²) >= 11 is 11.8. The van der Waals surface area contributed by atoms with Gasteiger partial charge in [0.2, 0.25) is 0 Å². The van der Waals surface area contributed by atoms with Crippen molar-refractivity contribution in [2.24, 2.45) is 0 Å². The summed E-state index contributed by atoms with van der Waals surface area (Å²) in [6.45, 7) is 0. The first-order chi connectivity index (χ1) is 7.74. The Morgan fingerprint density at radius 3 is 2.81 bits per heavy atom. The van der Waals surface area contributed by atoms with Crippen LogP contribution in [0.4, 0.5) is 0 Å². The minimum Gasteiger partial charge on any atom is -0.497 e. The summed E-state index contributed by atoms with van der Waals surface area (Å²) in [5, 5.41) is 1.54. The summed E-state index contributed by atoms with van der Waals surface area (Å²) in [5.74, 6) is 1.35. The number of pyridine rings is 1. The molecule has 0 bridgehead atoms. The van der Waals surface area contributed by atoms with Crippen LogP contribution in [-0.2, 0) is 6.42 Å². The van der Waals surface area contributed by atoms with E-state index in [0.29, 0.717) is 11.0 Å². The molecule has 0 aliphatic carbocycles. The Morgan fingerprint density at radius 1 is 1.31 bits per heavy atom. The Bertz CT molecular complexity index is 514. The number of aryl methyl sites for hydroxylation is 1. The maximum absolute atomic E-state index is 6.05. The van der Waals surface area contributed by atoms with Crippen LogP contribution in [0.1, 0.15) is 5.56 Å². The lowest BCUT2D eigenvalue weighted by Crippen LogP contribution is -1.92. The molecule has 0 aliphatic rings. The average Bonchev–Trinajstić information content (AvgIpc) is 2.30.